The minimum absolute atomic E-state index is 0.00201. The number of amides is 2. The van der Waals surface area contributed by atoms with Crippen LogP contribution in [0.3, 0.4) is 0 Å². The van der Waals surface area contributed by atoms with Gasteiger partial charge in [-0.2, -0.15) is 22.8 Å². The van der Waals surface area contributed by atoms with Gasteiger partial charge in [-0.1, -0.05) is 13.8 Å². The van der Waals surface area contributed by atoms with Crippen molar-refractivity contribution in [3.63, 3.8) is 0 Å². The summed E-state index contributed by atoms with van der Waals surface area (Å²) < 4.78 is 39.8. The van der Waals surface area contributed by atoms with Crippen LogP contribution in [0, 0.1) is 5.92 Å². The first kappa shape index (κ1) is 23.4. The summed E-state index contributed by atoms with van der Waals surface area (Å²) in [5.74, 6) is -2.14. The van der Waals surface area contributed by atoms with Crippen LogP contribution in [-0.4, -0.2) is 61.8 Å². The molecule has 1 fully saturated rings. The average Bonchev–Trinajstić information content (AvgIpc) is 3.37. The van der Waals surface area contributed by atoms with E-state index in [1.54, 1.807) is 0 Å². The van der Waals surface area contributed by atoms with E-state index in [4.69, 9.17) is 0 Å². The largest absolute Gasteiger partial charge is 0.494 e. The molecule has 2 aromatic rings. The van der Waals surface area contributed by atoms with Gasteiger partial charge in [0.05, 0.1) is 6.20 Å². The average molecular weight is 455 g/mol. The Morgan fingerprint density at radius 2 is 2.03 bits per heavy atom. The van der Waals surface area contributed by atoms with Gasteiger partial charge in [-0.25, -0.2) is 0 Å². The smallest absolute Gasteiger partial charge is 0.406 e. The number of fused-ring (bicyclic) bond motifs is 1. The summed E-state index contributed by atoms with van der Waals surface area (Å²) in [4.78, 5) is 38.0. The Balaban J connectivity index is 2.05. The van der Waals surface area contributed by atoms with Crippen molar-refractivity contribution in [2.45, 2.75) is 45.5 Å². The third kappa shape index (κ3) is 5.11. The van der Waals surface area contributed by atoms with Gasteiger partial charge in [-0.05, 0) is 24.8 Å². The molecule has 32 heavy (non-hydrogen) atoms. The van der Waals surface area contributed by atoms with E-state index in [0.29, 0.717) is 4.90 Å². The summed E-state index contributed by atoms with van der Waals surface area (Å²) in [5.41, 5.74) is -0.937. The van der Waals surface area contributed by atoms with Gasteiger partial charge in [0.15, 0.2) is 5.56 Å². The number of carbonyl (C=O) groups is 2. The number of hydrogen-bond donors (Lipinski definition) is 2. The molecule has 2 aromatic heterocycles. The molecule has 1 saturated carbocycles. The number of carbonyl (C=O) groups excluding carboxylic acids is 2. The van der Waals surface area contributed by atoms with Crippen LogP contribution >= 0.6 is 0 Å². The summed E-state index contributed by atoms with van der Waals surface area (Å²) in [6.07, 6.45) is 0.437. The van der Waals surface area contributed by atoms with Gasteiger partial charge in [0, 0.05) is 31.3 Å². The standard InChI is InChI=1S/C20H24F3N5O4/c1-11(2)9-27-17-12(4-7-14(29)26(3)10-20(21,22)23)8-24-28(17)19(32)15(18(27)31)16(30)25-13-5-6-13/h4,7-8,11,13,31H,5-6,9-10H2,1-3H3,(H,25,30). The third-order valence-electron chi connectivity index (χ3n) is 4.80. The van der Waals surface area contributed by atoms with Crippen molar-refractivity contribution in [3.8, 4) is 5.88 Å². The minimum atomic E-state index is -4.54. The van der Waals surface area contributed by atoms with Crippen molar-refractivity contribution >= 4 is 23.5 Å². The van der Waals surface area contributed by atoms with Crippen LogP contribution in [0.25, 0.3) is 11.7 Å². The highest BCUT2D eigenvalue weighted by Gasteiger charge is 2.31. The summed E-state index contributed by atoms with van der Waals surface area (Å²) in [6.45, 7) is 2.52. The van der Waals surface area contributed by atoms with Crippen LogP contribution in [-0.2, 0) is 11.3 Å². The van der Waals surface area contributed by atoms with E-state index < -0.39 is 41.5 Å². The first-order valence-electron chi connectivity index (χ1n) is 10.0. The second kappa shape index (κ2) is 8.67. The van der Waals surface area contributed by atoms with E-state index in [2.05, 4.69) is 10.4 Å². The van der Waals surface area contributed by atoms with Gasteiger partial charge in [-0.15, -0.1) is 0 Å². The first-order chi connectivity index (χ1) is 14.9. The molecular weight excluding hydrogens is 431 g/mol. The summed E-state index contributed by atoms with van der Waals surface area (Å²) >= 11 is 0. The number of aromatic hydroxyl groups is 1. The molecule has 0 unspecified atom stereocenters. The molecular formula is C20H24F3N5O4. The number of likely N-dealkylation sites (N-methyl/N-ethyl adjacent to an activating group) is 1. The molecule has 174 valence electrons. The molecule has 1 aliphatic carbocycles. The topological polar surface area (TPSA) is 109 Å². The molecule has 2 heterocycles. The Hall–Kier alpha value is -3.31. The van der Waals surface area contributed by atoms with Gasteiger partial charge in [0.2, 0.25) is 11.8 Å². The second-order valence-electron chi connectivity index (χ2n) is 8.23. The molecule has 3 rings (SSSR count). The van der Waals surface area contributed by atoms with E-state index in [1.165, 1.54) is 16.8 Å². The fourth-order valence-corrected chi connectivity index (χ4v) is 3.18. The van der Waals surface area contributed by atoms with Gasteiger partial charge >= 0.3 is 6.18 Å². The Morgan fingerprint density at radius 3 is 2.59 bits per heavy atom. The van der Waals surface area contributed by atoms with E-state index in [0.717, 1.165) is 30.5 Å². The molecule has 2 N–H and O–H groups in total. The number of halogens is 3. The van der Waals surface area contributed by atoms with Gasteiger partial charge in [-0.3, -0.25) is 19.0 Å². The van der Waals surface area contributed by atoms with Crippen LogP contribution < -0.4 is 10.9 Å². The zero-order chi connectivity index (χ0) is 23.8. The lowest BCUT2D eigenvalue weighted by Gasteiger charge is -2.17. The van der Waals surface area contributed by atoms with E-state index in [-0.39, 0.29) is 29.7 Å². The number of nitrogens with zero attached hydrogens (tertiary/aromatic N) is 4. The predicted molar refractivity (Wildman–Crippen MR) is 109 cm³/mol. The van der Waals surface area contributed by atoms with Gasteiger partial charge < -0.3 is 15.3 Å². The summed E-state index contributed by atoms with van der Waals surface area (Å²) in [5, 5.41) is 17.4. The van der Waals surface area contributed by atoms with Crippen LogP contribution in [0.15, 0.2) is 17.1 Å². The minimum Gasteiger partial charge on any atom is -0.494 e. The van der Waals surface area contributed by atoms with Crippen LogP contribution in [0.4, 0.5) is 13.2 Å². The summed E-state index contributed by atoms with van der Waals surface area (Å²) in [7, 11) is 1.02. The molecule has 1 aliphatic rings. The number of alkyl halides is 3. The maximum absolute atomic E-state index is 12.9. The lowest BCUT2D eigenvalue weighted by Crippen LogP contribution is -2.35. The Bertz CT molecular complexity index is 1130. The highest BCUT2D eigenvalue weighted by Crippen LogP contribution is 2.24. The first-order valence-corrected chi connectivity index (χ1v) is 10.0. The van der Waals surface area contributed by atoms with Crippen molar-refractivity contribution in [3.05, 3.63) is 33.8 Å². The van der Waals surface area contributed by atoms with E-state index in [9.17, 15) is 32.7 Å². The molecule has 0 spiro atoms. The summed E-state index contributed by atoms with van der Waals surface area (Å²) in [6, 6.07) is -0.0358. The molecule has 2 amide bonds. The molecule has 0 radical (unpaired) electrons. The van der Waals surface area contributed by atoms with Crippen LogP contribution in [0.5, 0.6) is 5.88 Å². The normalized spacial score (nSPS) is 14.5. The highest BCUT2D eigenvalue weighted by molar-refractivity contribution is 5.97. The molecule has 0 atom stereocenters. The zero-order valence-corrected chi connectivity index (χ0v) is 17.8. The quantitative estimate of drug-likeness (QED) is 0.619. The lowest BCUT2D eigenvalue weighted by molar-refractivity contribution is -0.155. The predicted octanol–water partition coefficient (Wildman–Crippen LogP) is 1.78. The van der Waals surface area contributed by atoms with E-state index >= 15 is 0 Å². The SMILES string of the molecule is CC(C)Cn1c(O)c(C(=O)NC2CC2)c(=O)n2ncc(C=CC(=O)N(C)CC(F)(F)F)c12. The molecule has 0 bridgehead atoms. The maximum atomic E-state index is 12.9. The van der Waals surface area contributed by atoms with E-state index in [1.807, 2.05) is 13.8 Å². The van der Waals surface area contributed by atoms with Crippen molar-refractivity contribution in [1.82, 2.24) is 24.4 Å². The van der Waals surface area contributed by atoms with Gasteiger partial charge in [0.25, 0.3) is 11.5 Å². The number of nitrogens with one attached hydrogen (secondary N) is 1. The van der Waals surface area contributed by atoms with Crippen LogP contribution in [0.2, 0.25) is 0 Å². The molecule has 9 nitrogen and oxygen atoms in total. The molecule has 0 aliphatic heterocycles. The number of rotatable bonds is 7. The van der Waals surface area contributed by atoms with Crippen molar-refractivity contribution in [1.29, 1.82) is 0 Å². The van der Waals surface area contributed by atoms with Crippen LogP contribution in [0.1, 0.15) is 42.6 Å². The Morgan fingerprint density at radius 1 is 1.38 bits per heavy atom. The highest BCUT2D eigenvalue weighted by atomic mass is 19.4. The Kier molecular flexibility index (Phi) is 6.33. The van der Waals surface area contributed by atoms with Crippen molar-refractivity contribution in [2.24, 2.45) is 5.92 Å². The maximum Gasteiger partial charge on any atom is 0.406 e. The monoisotopic (exact) mass is 455 g/mol. The fraction of sp³-hybridized carbons (Fsp3) is 0.500. The molecule has 0 aromatic carbocycles. The lowest BCUT2D eigenvalue weighted by atomic mass is 10.2. The zero-order valence-electron chi connectivity index (χ0n) is 17.8. The number of hydrogen-bond acceptors (Lipinski definition) is 5. The third-order valence-corrected chi connectivity index (χ3v) is 4.80. The Labute approximate surface area is 181 Å². The van der Waals surface area contributed by atoms with Crippen molar-refractivity contribution < 1.29 is 27.9 Å². The fourth-order valence-electron chi connectivity index (χ4n) is 3.18. The number of aromatic nitrogens is 3. The van der Waals surface area contributed by atoms with Gasteiger partial charge in [0.1, 0.15) is 12.2 Å². The second-order valence-corrected chi connectivity index (χ2v) is 8.23. The molecule has 12 heteroatoms. The molecule has 0 saturated heterocycles. The van der Waals surface area contributed by atoms with Crippen molar-refractivity contribution in [2.75, 3.05) is 13.6 Å².